The van der Waals surface area contributed by atoms with Gasteiger partial charge in [-0.15, -0.1) is 0 Å². The molecule has 0 aliphatic rings. The van der Waals surface area contributed by atoms with Gasteiger partial charge in [-0.25, -0.2) is 0 Å². The summed E-state index contributed by atoms with van der Waals surface area (Å²) in [5.41, 5.74) is 0. The van der Waals surface area contributed by atoms with Crippen molar-refractivity contribution in [2.45, 2.75) is 271 Å². The van der Waals surface area contributed by atoms with Crippen LogP contribution in [-0.4, -0.2) is 37.2 Å². The Morgan fingerprint density at radius 2 is 0.603 bits per heavy atom. The number of hydrogen-bond donors (Lipinski definition) is 0. The predicted molar refractivity (Wildman–Crippen MR) is 270 cm³/mol. The Morgan fingerprint density at radius 1 is 0.317 bits per heavy atom. The zero-order valence-corrected chi connectivity index (χ0v) is 41.6. The number of ether oxygens (including phenoxy) is 3. The van der Waals surface area contributed by atoms with Crippen LogP contribution in [0.3, 0.4) is 0 Å². The standard InChI is InChI=1S/C57H100O6/c1-4-7-10-13-16-19-22-24-26-27-28-29-30-31-32-34-35-38-41-44-47-50-56(59)62-53-54(52-61-55(58)49-46-43-40-37-21-18-15-12-9-6-3)63-57(60)51-48-45-42-39-36-33-25-23-20-17-14-11-8-5-2/h12,15,22-25,27-28,30-31,54H,4-11,13-14,16-21,26,29,32-53H2,1-3H3/b15-12-,24-22-,25-23-,28-27-,31-30-. The second kappa shape index (κ2) is 51.7. The normalized spacial score (nSPS) is 12.5. The molecule has 6 nitrogen and oxygen atoms in total. The maximum atomic E-state index is 12.8. The Hall–Kier alpha value is -2.89. The number of allylic oxidation sites excluding steroid dienone is 10. The third kappa shape index (κ3) is 50.0. The van der Waals surface area contributed by atoms with Gasteiger partial charge < -0.3 is 14.2 Å². The van der Waals surface area contributed by atoms with Crippen molar-refractivity contribution in [2.24, 2.45) is 0 Å². The molecule has 1 atom stereocenters. The highest BCUT2D eigenvalue weighted by Gasteiger charge is 2.19. The molecule has 0 saturated heterocycles. The van der Waals surface area contributed by atoms with Crippen molar-refractivity contribution in [3.05, 3.63) is 60.8 Å². The Balaban J connectivity index is 4.34. The van der Waals surface area contributed by atoms with E-state index in [9.17, 15) is 14.4 Å². The van der Waals surface area contributed by atoms with Crippen LogP contribution in [0.5, 0.6) is 0 Å². The summed E-state index contributed by atoms with van der Waals surface area (Å²) in [6.07, 6.45) is 63.5. The minimum absolute atomic E-state index is 0.0863. The molecule has 0 aliphatic heterocycles. The van der Waals surface area contributed by atoms with Crippen LogP contribution >= 0.6 is 0 Å². The molecule has 0 aliphatic carbocycles. The minimum atomic E-state index is -0.786. The van der Waals surface area contributed by atoms with Crippen LogP contribution in [0.25, 0.3) is 0 Å². The second-order valence-electron chi connectivity index (χ2n) is 17.8. The van der Waals surface area contributed by atoms with Crippen LogP contribution in [0.2, 0.25) is 0 Å². The van der Waals surface area contributed by atoms with Crippen molar-refractivity contribution in [3.63, 3.8) is 0 Å². The lowest BCUT2D eigenvalue weighted by atomic mass is 10.1. The smallest absolute Gasteiger partial charge is 0.306 e. The molecule has 0 rings (SSSR count). The first-order chi connectivity index (χ1) is 31.0. The zero-order valence-electron chi connectivity index (χ0n) is 41.6. The van der Waals surface area contributed by atoms with Crippen LogP contribution in [0.4, 0.5) is 0 Å². The van der Waals surface area contributed by atoms with Gasteiger partial charge in [0.2, 0.25) is 0 Å². The van der Waals surface area contributed by atoms with E-state index >= 15 is 0 Å². The van der Waals surface area contributed by atoms with E-state index in [1.807, 2.05) is 0 Å². The fourth-order valence-electron chi connectivity index (χ4n) is 7.39. The number of carbonyl (C=O) groups is 3. The first-order valence-electron chi connectivity index (χ1n) is 26.8. The molecule has 0 aromatic rings. The van der Waals surface area contributed by atoms with E-state index in [4.69, 9.17) is 14.2 Å². The molecule has 0 radical (unpaired) electrons. The third-order valence-electron chi connectivity index (χ3n) is 11.4. The predicted octanol–water partition coefficient (Wildman–Crippen LogP) is 17.6. The molecule has 0 fully saturated rings. The van der Waals surface area contributed by atoms with Gasteiger partial charge in [0, 0.05) is 19.3 Å². The molecule has 0 bridgehead atoms. The van der Waals surface area contributed by atoms with Crippen LogP contribution in [0.15, 0.2) is 60.8 Å². The molecule has 0 amide bonds. The number of rotatable bonds is 48. The third-order valence-corrected chi connectivity index (χ3v) is 11.4. The molecule has 1 unspecified atom stereocenters. The summed E-state index contributed by atoms with van der Waals surface area (Å²) in [7, 11) is 0. The second-order valence-corrected chi connectivity index (χ2v) is 17.8. The molecule has 0 heterocycles. The van der Waals surface area contributed by atoms with Crippen LogP contribution < -0.4 is 0 Å². The Labute approximate surface area is 390 Å². The van der Waals surface area contributed by atoms with Crippen LogP contribution in [-0.2, 0) is 28.6 Å². The molecule has 0 aromatic heterocycles. The highest BCUT2D eigenvalue weighted by atomic mass is 16.6. The zero-order chi connectivity index (χ0) is 45.8. The van der Waals surface area contributed by atoms with Crippen LogP contribution in [0.1, 0.15) is 265 Å². The first kappa shape index (κ1) is 60.1. The fourth-order valence-corrected chi connectivity index (χ4v) is 7.39. The molecule has 0 aromatic carbocycles. The van der Waals surface area contributed by atoms with Gasteiger partial charge in [0.1, 0.15) is 13.2 Å². The number of hydrogen-bond acceptors (Lipinski definition) is 6. The number of esters is 3. The van der Waals surface area contributed by atoms with Gasteiger partial charge in [-0.1, -0.05) is 204 Å². The van der Waals surface area contributed by atoms with Crippen molar-refractivity contribution in [2.75, 3.05) is 13.2 Å². The van der Waals surface area contributed by atoms with Gasteiger partial charge in [0.15, 0.2) is 6.10 Å². The average molecular weight is 881 g/mol. The fraction of sp³-hybridized carbons (Fsp3) is 0.772. The monoisotopic (exact) mass is 881 g/mol. The lowest BCUT2D eigenvalue weighted by Gasteiger charge is -2.18. The van der Waals surface area contributed by atoms with Gasteiger partial charge in [-0.2, -0.15) is 0 Å². The van der Waals surface area contributed by atoms with Crippen molar-refractivity contribution >= 4 is 17.9 Å². The van der Waals surface area contributed by atoms with Gasteiger partial charge in [-0.05, 0) is 103 Å². The molecule has 0 saturated carbocycles. The quantitative estimate of drug-likeness (QED) is 0.0262. The summed E-state index contributed by atoms with van der Waals surface area (Å²) in [4.78, 5) is 37.9. The Bertz CT molecular complexity index is 1150. The van der Waals surface area contributed by atoms with Crippen LogP contribution in [0, 0.1) is 0 Å². The number of unbranched alkanes of at least 4 members (excludes halogenated alkanes) is 27. The summed E-state index contributed by atoms with van der Waals surface area (Å²) in [5, 5.41) is 0. The van der Waals surface area contributed by atoms with E-state index in [0.717, 1.165) is 103 Å². The molecular weight excluding hydrogens is 781 g/mol. The van der Waals surface area contributed by atoms with Crippen molar-refractivity contribution in [1.29, 1.82) is 0 Å². The lowest BCUT2D eigenvalue weighted by Crippen LogP contribution is -2.30. The van der Waals surface area contributed by atoms with E-state index in [1.165, 1.54) is 122 Å². The molecule has 0 N–H and O–H groups in total. The molecule has 63 heavy (non-hydrogen) atoms. The maximum absolute atomic E-state index is 12.8. The summed E-state index contributed by atoms with van der Waals surface area (Å²) in [6.45, 7) is 6.54. The number of carbonyl (C=O) groups excluding carboxylic acids is 3. The maximum Gasteiger partial charge on any atom is 0.306 e. The van der Waals surface area contributed by atoms with Gasteiger partial charge in [0.05, 0.1) is 0 Å². The van der Waals surface area contributed by atoms with Crippen molar-refractivity contribution in [1.82, 2.24) is 0 Å². The van der Waals surface area contributed by atoms with E-state index in [0.29, 0.717) is 19.3 Å². The van der Waals surface area contributed by atoms with E-state index in [-0.39, 0.29) is 31.1 Å². The van der Waals surface area contributed by atoms with Gasteiger partial charge >= 0.3 is 17.9 Å². The van der Waals surface area contributed by atoms with E-state index < -0.39 is 6.10 Å². The summed E-state index contributed by atoms with van der Waals surface area (Å²) < 4.78 is 16.8. The van der Waals surface area contributed by atoms with Gasteiger partial charge in [0.25, 0.3) is 0 Å². The van der Waals surface area contributed by atoms with Gasteiger partial charge in [-0.3, -0.25) is 14.4 Å². The highest BCUT2D eigenvalue weighted by molar-refractivity contribution is 5.71. The summed E-state index contributed by atoms with van der Waals surface area (Å²) in [5.74, 6) is -0.914. The minimum Gasteiger partial charge on any atom is -0.462 e. The topological polar surface area (TPSA) is 78.9 Å². The Kier molecular flexibility index (Phi) is 49.4. The first-order valence-corrected chi connectivity index (χ1v) is 26.8. The SMILES string of the molecule is CCC/C=C\CCCCCCCC(=O)OCC(COC(=O)CCCCCCCC/C=C\C/C=C\C/C=C\CCCCCCC)OC(=O)CCCCCCC/C=C\CCCCCCC. The largest absolute Gasteiger partial charge is 0.462 e. The van der Waals surface area contributed by atoms with E-state index in [2.05, 4.69) is 81.5 Å². The molecule has 6 heteroatoms. The van der Waals surface area contributed by atoms with Crippen molar-refractivity contribution in [3.8, 4) is 0 Å². The summed E-state index contributed by atoms with van der Waals surface area (Å²) >= 11 is 0. The summed E-state index contributed by atoms with van der Waals surface area (Å²) in [6, 6.07) is 0. The molecular formula is C57H100O6. The van der Waals surface area contributed by atoms with E-state index in [1.54, 1.807) is 0 Å². The molecule has 364 valence electrons. The Morgan fingerprint density at radius 3 is 0.968 bits per heavy atom. The molecule has 0 spiro atoms. The average Bonchev–Trinajstić information content (AvgIpc) is 3.28. The highest BCUT2D eigenvalue weighted by Crippen LogP contribution is 2.14. The van der Waals surface area contributed by atoms with Crippen molar-refractivity contribution < 1.29 is 28.6 Å². The lowest BCUT2D eigenvalue weighted by molar-refractivity contribution is -0.167.